The molecule has 3 fully saturated rings. The standard InChI is InChI=1S/C35H47IN6O10S/c1-18(2)26(31(45)51-7)38-33(47)39-27(34(3,4)5)30(44)42-17-21(52-29-23-11-8-20(50-6)14-19(23)12-13-37-29)15-24(42)28(43)40-35(16-25(35)36)32(46)41-53(48,49)22-9-10-22/h8,11-14,18,21-22,24-27H,9-10,15-17H2,1-7H3,(H,40,43)(H,41,46)(H2,38,39,47)/t21-,24+,25-,26+,27-,35-/m1/s1. The third-order valence-electron chi connectivity index (χ3n) is 9.68. The molecular weight excluding hydrogens is 823 g/mol. The number of nitrogens with one attached hydrogen (secondary N) is 4. The first-order chi connectivity index (χ1) is 24.8. The van der Waals surface area contributed by atoms with Crippen LogP contribution in [0, 0.1) is 11.3 Å². The number of pyridine rings is 1. The highest BCUT2D eigenvalue weighted by molar-refractivity contribution is 14.1. The number of amides is 5. The summed E-state index contributed by atoms with van der Waals surface area (Å²) in [7, 11) is -1.12. The number of carbonyl (C=O) groups excluding carboxylic acids is 5. The zero-order valence-electron chi connectivity index (χ0n) is 30.7. The molecule has 2 heterocycles. The van der Waals surface area contributed by atoms with Gasteiger partial charge < -0.3 is 35.1 Å². The molecule has 0 bridgehead atoms. The van der Waals surface area contributed by atoms with E-state index in [2.05, 4.69) is 25.7 Å². The van der Waals surface area contributed by atoms with Gasteiger partial charge >= 0.3 is 12.0 Å². The molecule has 5 amide bonds. The zero-order valence-corrected chi connectivity index (χ0v) is 33.7. The number of benzene rings is 1. The van der Waals surface area contributed by atoms with Crippen LogP contribution in [0.1, 0.15) is 60.3 Å². The minimum absolute atomic E-state index is 0.00337. The van der Waals surface area contributed by atoms with Crippen LogP contribution in [0.15, 0.2) is 30.5 Å². The number of rotatable bonds is 13. The number of hydrogen-bond donors (Lipinski definition) is 4. The Kier molecular flexibility index (Phi) is 11.7. The molecule has 2 aromatic rings. The summed E-state index contributed by atoms with van der Waals surface area (Å²) in [5.41, 5.74) is -2.38. The van der Waals surface area contributed by atoms with Crippen molar-refractivity contribution in [1.29, 1.82) is 0 Å². The maximum absolute atomic E-state index is 14.5. The van der Waals surface area contributed by atoms with Crippen LogP contribution < -0.4 is 30.1 Å². The number of methoxy groups -OCH3 is 2. The number of halogens is 1. The number of alkyl halides is 1. The zero-order chi connectivity index (χ0) is 39.0. The van der Waals surface area contributed by atoms with Gasteiger partial charge in [-0.25, -0.2) is 23.0 Å². The molecule has 0 spiro atoms. The molecule has 1 aromatic carbocycles. The fourth-order valence-corrected chi connectivity index (χ4v) is 8.76. The molecule has 5 rings (SSSR count). The molecule has 0 radical (unpaired) electrons. The number of carbonyl (C=O) groups is 5. The van der Waals surface area contributed by atoms with Crippen LogP contribution in [0.5, 0.6) is 11.6 Å². The summed E-state index contributed by atoms with van der Waals surface area (Å²) in [5.74, 6) is -2.18. The Hall–Kier alpha value is -3.94. The van der Waals surface area contributed by atoms with E-state index in [0.29, 0.717) is 24.0 Å². The minimum atomic E-state index is -3.89. The summed E-state index contributed by atoms with van der Waals surface area (Å²) in [5, 5.41) is 8.90. The lowest BCUT2D eigenvalue weighted by molar-refractivity contribution is -0.144. The topological polar surface area (TPSA) is 211 Å². The van der Waals surface area contributed by atoms with E-state index in [9.17, 15) is 32.4 Å². The quantitative estimate of drug-likeness (QED) is 0.130. The number of esters is 1. The first kappa shape index (κ1) is 40.2. The summed E-state index contributed by atoms with van der Waals surface area (Å²) in [6.45, 7) is 8.62. The number of hydrogen-bond acceptors (Lipinski definition) is 11. The number of ether oxygens (including phenoxy) is 3. The third kappa shape index (κ3) is 8.90. The van der Waals surface area contributed by atoms with Gasteiger partial charge in [-0.15, -0.1) is 0 Å². The van der Waals surface area contributed by atoms with Gasteiger partial charge in [-0.05, 0) is 60.2 Å². The number of likely N-dealkylation sites (tertiary alicyclic amines) is 1. The second kappa shape index (κ2) is 15.4. The van der Waals surface area contributed by atoms with Crippen LogP contribution in [-0.2, 0) is 33.9 Å². The summed E-state index contributed by atoms with van der Waals surface area (Å²) >= 11 is 1.99. The second-order valence-electron chi connectivity index (χ2n) is 15.2. The number of nitrogens with zero attached hydrogens (tertiary/aromatic N) is 2. The summed E-state index contributed by atoms with van der Waals surface area (Å²) in [6, 6.07) is 3.03. The second-order valence-corrected chi connectivity index (χ2v) is 18.6. The molecule has 53 heavy (non-hydrogen) atoms. The van der Waals surface area contributed by atoms with Crippen molar-refractivity contribution in [3.05, 3.63) is 30.5 Å². The Morgan fingerprint density at radius 2 is 1.74 bits per heavy atom. The molecule has 2 aliphatic carbocycles. The van der Waals surface area contributed by atoms with Crippen molar-refractivity contribution in [2.24, 2.45) is 11.3 Å². The van der Waals surface area contributed by atoms with Crippen LogP contribution in [0.25, 0.3) is 10.8 Å². The molecule has 0 unspecified atom stereocenters. The fourth-order valence-electron chi connectivity index (χ4n) is 6.27. The first-order valence-electron chi connectivity index (χ1n) is 17.4. The van der Waals surface area contributed by atoms with Gasteiger partial charge in [-0.2, -0.15) is 0 Å². The number of sulfonamides is 1. The van der Waals surface area contributed by atoms with Gasteiger partial charge in [-0.3, -0.25) is 19.1 Å². The molecule has 290 valence electrons. The van der Waals surface area contributed by atoms with Crippen LogP contribution in [0.2, 0.25) is 0 Å². The van der Waals surface area contributed by atoms with Crippen LogP contribution in [-0.4, -0.2) is 108 Å². The van der Waals surface area contributed by atoms with Gasteiger partial charge in [0.2, 0.25) is 27.7 Å². The van der Waals surface area contributed by atoms with Gasteiger partial charge in [0.1, 0.15) is 35.5 Å². The average Bonchev–Trinajstić information content (AvgIpc) is 4.01. The number of aromatic nitrogens is 1. The predicted molar refractivity (Wildman–Crippen MR) is 202 cm³/mol. The summed E-state index contributed by atoms with van der Waals surface area (Å²) in [6.07, 6.45) is 1.93. The van der Waals surface area contributed by atoms with E-state index in [1.807, 2.05) is 28.7 Å². The Bertz CT molecular complexity index is 1880. The van der Waals surface area contributed by atoms with E-state index in [1.165, 1.54) is 12.0 Å². The number of urea groups is 1. The van der Waals surface area contributed by atoms with E-state index in [-0.39, 0.29) is 31.2 Å². The maximum Gasteiger partial charge on any atom is 0.328 e. The van der Waals surface area contributed by atoms with Crippen molar-refractivity contribution < 1.29 is 46.6 Å². The lowest BCUT2D eigenvalue weighted by Crippen LogP contribution is -2.62. The van der Waals surface area contributed by atoms with E-state index in [0.717, 1.165) is 5.39 Å². The Morgan fingerprint density at radius 3 is 2.30 bits per heavy atom. The number of fused-ring (bicyclic) bond motifs is 1. The van der Waals surface area contributed by atoms with Gasteiger partial charge in [0.15, 0.2) is 0 Å². The average molecular weight is 871 g/mol. The normalized spacial score (nSPS) is 23.8. The first-order valence-corrected chi connectivity index (χ1v) is 20.2. The highest BCUT2D eigenvalue weighted by atomic mass is 127. The van der Waals surface area contributed by atoms with E-state index >= 15 is 0 Å². The van der Waals surface area contributed by atoms with Gasteiger partial charge in [0.25, 0.3) is 5.91 Å². The molecule has 3 aliphatic rings. The summed E-state index contributed by atoms with van der Waals surface area (Å²) < 4.78 is 43.6. The highest BCUT2D eigenvalue weighted by Crippen LogP contribution is 2.44. The van der Waals surface area contributed by atoms with E-state index < -0.39 is 84.1 Å². The van der Waals surface area contributed by atoms with Crippen molar-refractivity contribution in [2.75, 3.05) is 20.8 Å². The predicted octanol–water partition coefficient (Wildman–Crippen LogP) is 2.17. The van der Waals surface area contributed by atoms with Gasteiger partial charge in [-0.1, -0.05) is 57.2 Å². The van der Waals surface area contributed by atoms with Crippen molar-refractivity contribution in [2.45, 2.75) is 99.2 Å². The van der Waals surface area contributed by atoms with E-state index in [4.69, 9.17) is 14.2 Å². The molecule has 4 N–H and O–H groups in total. The lowest BCUT2D eigenvalue weighted by atomic mass is 9.85. The van der Waals surface area contributed by atoms with Crippen LogP contribution >= 0.6 is 22.6 Å². The molecule has 16 nitrogen and oxygen atoms in total. The van der Waals surface area contributed by atoms with Crippen LogP contribution in [0.3, 0.4) is 0 Å². The molecule has 1 aromatic heterocycles. The molecule has 1 saturated heterocycles. The van der Waals surface area contributed by atoms with Crippen molar-refractivity contribution in [3.63, 3.8) is 0 Å². The van der Waals surface area contributed by atoms with Gasteiger partial charge in [0.05, 0.1) is 26.0 Å². The molecule has 18 heteroatoms. The fraction of sp³-hybridized carbons (Fsp3) is 0.600. The van der Waals surface area contributed by atoms with E-state index in [1.54, 1.807) is 66.1 Å². The van der Waals surface area contributed by atoms with Crippen molar-refractivity contribution in [1.82, 2.24) is 30.6 Å². The molecule has 2 saturated carbocycles. The van der Waals surface area contributed by atoms with Crippen molar-refractivity contribution in [3.8, 4) is 11.6 Å². The largest absolute Gasteiger partial charge is 0.497 e. The van der Waals surface area contributed by atoms with Crippen LogP contribution in [0.4, 0.5) is 4.79 Å². The highest BCUT2D eigenvalue weighted by Gasteiger charge is 2.62. The Balaban J connectivity index is 1.43. The molecular formula is C35H47IN6O10S. The maximum atomic E-state index is 14.5. The smallest absolute Gasteiger partial charge is 0.328 e. The lowest BCUT2D eigenvalue weighted by Gasteiger charge is -2.36. The Morgan fingerprint density at radius 1 is 1.06 bits per heavy atom. The monoisotopic (exact) mass is 870 g/mol. The summed E-state index contributed by atoms with van der Waals surface area (Å²) in [4.78, 5) is 73.5. The molecule has 6 atom stereocenters. The van der Waals surface area contributed by atoms with Crippen molar-refractivity contribution >= 4 is 73.1 Å². The third-order valence-corrected chi connectivity index (χ3v) is 13.0. The Labute approximate surface area is 322 Å². The van der Waals surface area contributed by atoms with Gasteiger partial charge in [0, 0.05) is 21.9 Å². The molecule has 1 aliphatic heterocycles. The minimum Gasteiger partial charge on any atom is -0.497 e. The SMILES string of the molecule is COC(=O)[C@@H](NC(=O)N[C@H](C(=O)N1C[C@H](Oc2nccc3cc(OC)ccc23)C[C@H]1C(=O)N[C@]1(C(=O)NS(=O)(=O)C2CC2)C[C@H]1I)C(C)(C)C)C(C)C.